The molecule has 136 valence electrons. The lowest BCUT2D eigenvalue weighted by Crippen LogP contribution is -2.51. The molecular weight excluding hydrogens is 312 g/mol. The van der Waals surface area contributed by atoms with Crippen LogP contribution in [0.15, 0.2) is 23.3 Å². The van der Waals surface area contributed by atoms with E-state index in [0.717, 1.165) is 38.5 Å². The molecule has 4 rings (SSSR count). The number of ether oxygens (including phenoxy) is 1. The van der Waals surface area contributed by atoms with E-state index in [1.54, 1.807) is 0 Å². The predicted molar refractivity (Wildman–Crippen MR) is 97.1 cm³/mol. The first-order chi connectivity index (χ1) is 11.9. The number of carbonyl (C=O) groups is 2. The summed E-state index contributed by atoms with van der Waals surface area (Å²) in [5, 5.41) is 0. The molecule has 0 spiro atoms. The Balaban J connectivity index is 1.71. The van der Waals surface area contributed by atoms with Gasteiger partial charge in [-0.1, -0.05) is 19.4 Å². The van der Waals surface area contributed by atoms with Gasteiger partial charge in [0.2, 0.25) is 0 Å². The van der Waals surface area contributed by atoms with Gasteiger partial charge < -0.3 is 4.74 Å². The highest BCUT2D eigenvalue weighted by Crippen LogP contribution is 2.64. The van der Waals surface area contributed by atoms with Gasteiger partial charge in [0.1, 0.15) is 5.78 Å². The molecule has 5 atom stereocenters. The fourth-order valence-corrected chi connectivity index (χ4v) is 6.60. The lowest BCUT2D eigenvalue weighted by atomic mass is 9.47. The van der Waals surface area contributed by atoms with Crippen molar-refractivity contribution in [3.63, 3.8) is 0 Å². The van der Waals surface area contributed by atoms with Gasteiger partial charge in [0.15, 0.2) is 5.78 Å². The summed E-state index contributed by atoms with van der Waals surface area (Å²) >= 11 is 0. The first kappa shape index (κ1) is 17.2. The summed E-state index contributed by atoms with van der Waals surface area (Å²) in [6.45, 7) is 7.79. The number of ketones is 2. The van der Waals surface area contributed by atoms with Gasteiger partial charge in [0.05, 0.1) is 6.61 Å². The van der Waals surface area contributed by atoms with Crippen molar-refractivity contribution >= 4 is 11.6 Å². The molecule has 0 saturated heterocycles. The molecule has 3 fully saturated rings. The molecule has 0 aromatic heterocycles. The van der Waals surface area contributed by atoms with Crippen LogP contribution in [0.2, 0.25) is 0 Å². The van der Waals surface area contributed by atoms with Crippen molar-refractivity contribution < 1.29 is 14.3 Å². The second kappa shape index (κ2) is 5.90. The Bertz CT molecular complexity index is 673. The van der Waals surface area contributed by atoms with Crippen LogP contribution in [-0.2, 0) is 14.3 Å². The van der Waals surface area contributed by atoms with E-state index in [4.69, 9.17) is 4.74 Å². The van der Waals surface area contributed by atoms with Gasteiger partial charge in [0.25, 0.3) is 0 Å². The Morgan fingerprint density at radius 2 is 1.88 bits per heavy atom. The fourth-order valence-electron chi connectivity index (χ4n) is 6.60. The van der Waals surface area contributed by atoms with Crippen molar-refractivity contribution in [3.05, 3.63) is 23.3 Å². The minimum Gasteiger partial charge on any atom is -0.377 e. The first-order valence-electron chi connectivity index (χ1n) is 9.98. The Kier molecular flexibility index (Phi) is 4.06. The van der Waals surface area contributed by atoms with Crippen LogP contribution in [0.25, 0.3) is 0 Å². The van der Waals surface area contributed by atoms with Gasteiger partial charge in [-0.05, 0) is 74.5 Å². The van der Waals surface area contributed by atoms with E-state index in [0.29, 0.717) is 36.8 Å². The lowest BCUT2D eigenvalue weighted by molar-refractivity contribution is -0.131. The number of hydrogen-bond acceptors (Lipinski definition) is 3. The van der Waals surface area contributed by atoms with Gasteiger partial charge in [-0.25, -0.2) is 0 Å². The number of rotatable bonds is 3. The molecule has 4 aliphatic carbocycles. The SMILES string of the molecule is CCOCC1=CC(=O)C=C2CC[C@@H]3[C@H](CC[C@]4(C)C(=O)CC[C@@H]34)[C@]21C. The van der Waals surface area contributed by atoms with E-state index in [9.17, 15) is 9.59 Å². The van der Waals surface area contributed by atoms with E-state index in [-0.39, 0.29) is 16.6 Å². The van der Waals surface area contributed by atoms with Crippen LogP contribution in [-0.4, -0.2) is 24.8 Å². The Morgan fingerprint density at radius 3 is 2.64 bits per heavy atom. The van der Waals surface area contributed by atoms with Gasteiger partial charge in [-0.15, -0.1) is 0 Å². The molecule has 4 aliphatic rings. The summed E-state index contributed by atoms with van der Waals surface area (Å²) in [5.41, 5.74) is 2.33. The summed E-state index contributed by atoms with van der Waals surface area (Å²) in [5.74, 6) is 2.29. The highest BCUT2D eigenvalue weighted by Gasteiger charge is 2.59. The van der Waals surface area contributed by atoms with Crippen molar-refractivity contribution in [2.75, 3.05) is 13.2 Å². The van der Waals surface area contributed by atoms with Crippen molar-refractivity contribution in [1.29, 1.82) is 0 Å². The van der Waals surface area contributed by atoms with Gasteiger partial charge in [-0.3, -0.25) is 9.59 Å². The molecule has 25 heavy (non-hydrogen) atoms. The first-order valence-corrected chi connectivity index (χ1v) is 9.98. The average Bonchev–Trinajstić information content (AvgIpc) is 2.89. The zero-order chi connectivity index (χ0) is 17.8. The zero-order valence-electron chi connectivity index (χ0n) is 15.8. The topological polar surface area (TPSA) is 43.4 Å². The molecule has 0 amide bonds. The Morgan fingerprint density at radius 1 is 1.08 bits per heavy atom. The third-order valence-corrected chi connectivity index (χ3v) is 8.06. The van der Waals surface area contributed by atoms with E-state index in [1.165, 1.54) is 11.1 Å². The number of hydrogen-bond donors (Lipinski definition) is 0. The quantitative estimate of drug-likeness (QED) is 0.769. The second-order valence-corrected chi connectivity index (χ2v) is 8.91. The standard InChI is InChI=1S/C22H30O3/c1-4-25-13-15-12-16(23)11-14-5-6-17-18-7-8-20(24)21(18,2)10-9-19(17)22(14,15)3/h11-12,17-19H,4-10,13H2,1-3H3/t17-,18-,19-,21-,22+/m0/s1. The molecule has 3 heteroatoms. The predicted octanol–water partition coefficient (Wildman–Crippen LogP) is 4.27. The van der Waals surface area contributed by atoms with Crippen LogP contribution in [0.5, 0.6) is 0 Å². The van der Waals surface area contributed by atoms with Crippen LogP contribution in [0.4, 0.5) is 0 Å². The summed E-state index contributed by atoms with van der Waals surface area (Å²) in [6.07, 6.45) is 9.78. The van der Waals surface area contributed by atoms with E-state index < -0.39 is 0 Å². The minimum atomic E-state index is -0.0903. The Hall–Kier alpha value is -1.22. The van der Waals surface area contributed by atoms with E-state index in [2.05, 4.69) is 13.8 Å². The molecule has 0 heterocycles. The van der Waals surface area contributed by atoms with Crippen LogP contribution in [0, 0.1) is 28.6 Å². The highest BCUT2D eigenvalue weighted by molar-refractivity contribution is 6.02. The number of Topliss-reactive ketones (excluding diaryl/α,β-unsaturated/α-hetero) is 1. The van der Waals surface area contributed by atoms with Crippen LogP contribution in [0.3, 0.4) is 0 Å². The van der Waals surface area contributed by atoms with Crippen molar-refractivity contribution in [2.45, 2.75) is 59.3 Å². The summed E-state index contributed by atoms with van der Waals surface area (Å²) in [4.78, 5) is 24.7. The summed E-state index contributed by atoms with van der Waals surface area (Å²) in [7, 11) is 0. The molecule has 0 radical (unpaired) electrons. The molecule has 0 N–H and O–H groups in total. The Labute approximate surface area is 150 Å². The molecule has 0 aliphatic heterocycles. The molecule has 0 unspecified atom stereocenters. The van der Waals surface area contributed by atoms with Crippen LogP contribution in [0.1, 0.15) is 59.3 Å². The third-order valence-electron chi connectivity index (χ3n) is 8.06. The molecule has 3 nitrogen and oxygen atoms in total. The highest BCUT2D eigenvalue weighted by atomic mass is 16.5. The average molecular weight is 342 g/mol. The molecule has 3 saturated carbocycles. The van der Waals surface area contributed by atoms with Crippen molar-refractivity contribution in [2.24, 2.45) is 28.6 Å². The summed E-state index contributed by atoms with van der Waals surface area (Å²) in [6, 6.07) is 0. The fraction of sp³-hybridized carbons (Fsp3) is 0.727. The minimum absolute atomic E-state index is 0.0566. The summed E-state index contributed by atoms with van der Waals surface area (Å²) < 4.78 is 5.74. The lowest BCUT2D eigenvalue weighted by Gasteiger charge is -2.57. The monoisotopic (exact) mass is 342 g/mol. The van der Waals surface area contributed by atoms with Crippen LogP contribution >= 0.6 is 0 Å². The third kappa shape index (κ3) is 2.34. The second-order valence-electron chi connectivity index (χ2n) is 8.91. The maximum absolute atomic E-state index is 12.5. The maximum Gasteiger partial charge on any atom is 0.178 e. The zero-order valence-corrected chi connectivity index (χ0v) is 15.8. The molecular formula is C22H30O3. The number of carbonyl (C=O) groups excluding carboxylic acids is 2. The maximum atomic E-state index is 12.5. The smallest absolute Gasteiger partial charge is 0.178 e. The number of fused-ring (bicyclic) bond motifs is 5. The molecule has 0 aromatic rings. The normalized spacial score (nSPS) is 43.1. The van der Waals surface area contributed by atoms with E-state index >= 15 is 0 Å². The molecule has 0 bridgehead atoms. The van der Waals surface area contributed by atoms with Gasteiger partial charge in [0, 0.05) is 23.9 Å². The largest absolute Gasteiger partial charge is 0.377 e. The van der Waals surface area contributed by atoms with Crippen molar-refractivity contribution in [1.82, 2.24) is 0 Å². The van der Waals surface area contributed by atoms with Crippen LogP contribution < -0.4 is 0 Å². The van der Waals surface area contributed by atoms with Crippen molar-refractivity contribution in [3.8, 4) is 0 Å². The van der Waals surface area contributed by atoms with E-state index in [1.807, 2.05) is 19.1 Å². The number of allylic oxidation sites excluding steroid dienone is 3. The van der Waals surface area contributed by atoms with Gasteiger partial charge in [-0.2, -0.15) is 0 Å². The van der Waals surface area contributed by atoms with Gasteiger partial charge >= 0.3 is 0 Å². The molecule has 0 aromatic carbocycles.